The molecule has 0 saturated carbocycles. The van der Waals surface area contributed by atoms with Crippen molar-refractivity contribution in [1.82, 2.24) is 29.9 Å². The summed E-state index contributed by atoms with van der Waals surface area (Å²) in [5, 5.41) is 1.02. The molecule has 0 atom stereocenters. The van der Waals surface area contributed by atoms with Crippen LogP contribution in [0.25, 0.3) is 88.1 Å². The van der Waals surface area contributed by atoms with Gasteiger partial charge in [0.15, 0.2) is 17.5 Å². The Morgan fingerprint density at radius 3 is 1.61 bits per heavy atom. The van der Waals surface area contributed by atoms with E-state index in [1.807, 2.05) is 79.0 Å². The van der Waals surface area contributed by atoms with E-state index in [0.717, 1.165) is 70.6 Å². The average Bonchev–Trinajstić information content (AvgIpc) is 3.57. The van der Waals surface area contributed by atoms with Gasteiger partial charge < -0.3 is 0 Å². The van der Waals surface area contributed by atoms with Gasteiger partial charge in [0, 0.05) is 39.4 Å². The maximum absolute atomic E-state index is 4.99. The molecule has 49 heavy (non-hydrogen) atoms. The monoisotopic (exact) mass is 646 g/mol. The number of pyridine rings is 1. The zero-order valence-electron chi connectivity index (χ0n) is 26.1. The van der Waals surface area contributed by atoms with Crippen LogP contribution >= 0.6 is 11.3 Å². The Morgan fingerprint density at radius 1 is 0.388 bits per heavy atom. The van der Waals surface area contributed by atoms with E-state index in [1.165, 1.54) is 0 Å². The second-order valence-corrected chi connectivity index (χ2v) is 12.6. The molecule has 0 aliphatic heterocycles. The van der Waals surface area contributed by atoms with Gasteiger partial charge in [0.1, 0.15) is 11.2 Å². The smallest absolute Gasteiger partial charge is 0.164 e. The van der Waals surface area contributed by atoms with Gasteiger partial charge in [-0.05, 0) is 28.8 Å². The number of nitrogens with zero attached hydrogens (tertiary/aromatic N) is 6. The van der Waals surface area contributed by atoms with Crippen molar-refractivity contribution in [2.75, 3.05) is 0 Å². The first-order valence-corrected chi connectivity index (χ1v) is 16.8. The van der Waals surface area contributed by atoms with Gasteiger partial charge in [-0.25, -0.2) is 29.9 Å². The summed E-state index contributed by atoms with van der Waals surface area (Å²) in [4.78, 5) is 29.9. The van der Waals surface area contributed by atoms with Gasteiger partial charge in [0.2, 0.25) is 0 Å². The molecular formula is C42H26N6S. The van der Waals surface area contributed by atoms with E-state index in [0.29, 0.717) is 17.5 Å². The molecule has 5 aromatic carbocycles. The zero-order chi connectivity index (χ0) is 32.6. The van der Waals surface area contributed by atoms with Gasteiger partial charge in [0.25, 0.3) is 0 Å². The Balaban J connectivity index is 1.10. The van der Waals surface area contributed by atoms with Crippen molar-refractivity contribution in [1.29, 1.82) is 0 Å². The van der Waals surface area contributed by atoms with Crippen LogP contribution in [0.3, 0.4) is 0 Å². The molecule has 0 aliphatic rings. The van der Waals surface area contributed by atoms with E-state index in [2.05, 4.69) is 82.8 Å². The van der Waals surface area contributed by atoms with Crippen molar-refractivity contribution >= 4 is 31.8 Å². The third-order valence-electron chi connectivity index (χ3n) is 8.53. The quantitative estimate of drug-likeness (QED) is 0.179. The fourth-order valence-electron chi connectivity index (χ4n) is 6.05. The fourth-order valence-corrected chi connectivity index (χ4v) is 7.14. The zero-order valence-corrected chi connectivity index (χ0v) is 26.9. The topological polar surface area (TPSA) is 77.3 Å². The van der Waals surface area contributed by atoms with Crippen molar-refractivity contribution < 1.29 is 0 Å². The Bertz CT molecular complexity index is 2590. The molecule has 0 radical (unpaired) electrons. The number of hydrogen-bond donors (Lipinski definition) is 0. The lowest BCUT2D eigenvalue weighted by Gasteiger charge is -2.10. The van der Waals surface area contributed by atoms with Crippen molar-refractivity contribution in [2.45, 2.75) is 0 Å². The summed E-state index contributed by atoms with van der Waals surface area (Å²) in [7, 11) is 0. The molecule has 0 N–H and O–H groups in total. The van der Waals surface area contributed by atoms with Crippen LogP contribution in [0, 0.1) is 0 Å². The highest BCUT2D eigenvalue weighted by atomic mass is 32.1. The molecule has 0 bridgehead atoms. The molecule has 0 fully saturated rings. The summed E-state index contributed by atoms with van der Waals surface area (Å²) < 4.78 is 1.04. The van der Waals surface area contributed by atoms with E-state index >= 15 is 0 Å². The molecular weight excluding hydrogens is 621 g/mol. The Kier molecular flexibility index (Phi) is 7.22. The van der Waals surface area contributed by atoms with Crippen molar-refractivity contribution in [3.63, 3.8) is 0 Å². The number of thiophene rings is 1. The molecule has 4 aromatic heterocycles. The van der Waals surface area contributed by atoms with Crippen LogP contribution in [-0.2, 0) is 0 Å². The van der Waals surface area contributed by atoms with Crippen LogP contribution in [0.2, 0.25) is 0 Å². The highest BCUT2D eigenvalue weighted by Gasteiger charge is 2.16. The number of aromatic nitrogens is 6. The minimum Gasteiger partial charge on any atom is -0.245 e. The van der Waals surface area contributed by atoms with Gasteiger partial charge in [-0.3, -0.25) is 0 Å². The van der Waals surface area contributed by atoms with Crippen LogP contribution < -0.4 is 0 Å². The second kappa shape index (κ2) is 12.3. The summed E-state index contributed by atoms with van der Waals surface area (Å²) >= 11 is 1.63. The molecule has 0 saturated heterocycles. The molecule has 6 nitrogen and oxygen atoms in total. The van der Waals surface area contributed by atoms with Crippen LogP contribution in [0.15, 0.2) is 158 Å². The summed E-state index contributed by atoms with van der Waals surface area (Å²) in [5.41, 5.74) is 9.99. The molecule has 9 rings (SSSR count). The number of fused-ring (bicyclic) bond motifs is 3. The van der Waals surface area contributed by atoms with Gasteiger partial charge in [0.05, 0.1) is 15.9 Å². The van der Waals surface area contributed by atoms with E-state index in [9.17, 15) is 0 Å². The second-order valence-electron chi connectivity index (χ2n) is 11.6. The molecule has 0 amide bonds. The molecule has 4 heterocycles. The van der Waals surface area contributed by atoms with E-state index in [4.69, 9.17) is 19.9 Å². The summed E-state index contributed by atoms with van der Waals surface area (Å²) in [6, 6.07) is 49.4. The molecule has 7 heteroatoms. The van der Waals surface area contributed by atoms with Crippen molar-refractivity contribution in [3.8, 4) is 67.7 Å². The third-order valence-corrected chi connectivity index (χ3v) is 9.64. The summed E-state index contributed by atoms with van der Waals surface area (Å²) in [6.07, 6.45) is 3.57. The van der Waals surface area contributed by atoms with Crippen LogP contribution in [0.5, 0.6) is 0 Å². The lowest BCUT2D eigenvalue weighted by molar-refractivity contribution is 1.07. The number of hydrogen-bond acceptors (Lipinski definition) is 7. The third kappa shape index (κ3) is 5.52. The van der Waals surface area contributed by atoms with E-state index in [1.54, 1.807) is 17.7 Å². The predicted octanol–water partition coefficient (Wildman–Crippen LogP) is 10.4. The first kappa shape index (κ1) is 28.8. The lowest BCUT2D eigenvalue weighted by Crippen LogP contribution is -2.00. The number of rotatable bonds is 6. The molecule has 9 aromatic rings. The lowest BCUT2D eigenvalue weighted by atomic mass is 10.0. The first-order valence-electron chi connectivity index (χ1n) is 15.9. The highest BCUT2D eigenvalue weighted by molar-refractivity contribution is 7.25. The van der Waals surface area contributed by atoms with Crippen LogP contribution in [0.1, 0.15) is 0 Å². The van der Waals surface area contributed by atoms with Gasteiger partial charge in [-0.2, -0.15) is 0 Å². The van der Waals surface area contributed by atoms with Crippen LogP contribution in [0.4, 0.5) is 0 Å². The first-order chi connectivity index (χ1) is 24.3. The maximum atomic E-state index is 4.99. The summed E-state index contributed by atoms with van der Waals surface area (Å²) in [5.74, 6) is 1.87. The normalized spacial score (nSPS) is 11.3. The predicted molar refractivity (Wildman–Crippen MR) is 199 cm³/mol. The minimum absolute atomic E-state index is 0.614. The fraction of sp³-hybridized carbons (Fsp3) is 0. The van der Waals surface area contributed by atoms with Gasteiger partial charge in [-0.1, -0.05) is 133 Å². The summed E-state index contributed by atoms with van der Waals surface area (Å²) in [6.45, 7) is 0. The van der Waals surface area contributed by atoms with Gasteiger partial charge >= 0.3 is 0 Å². The van der Waals surface area contributed by atoms with E-state index < -0.39 is 0 Å². The van der Waals surface area contributed by atoms with Crippen LogP contribution in [-0.4, -0.2) is 29.9 Å². The maximum Gasteiger partial charge on any atom is 0.164 e. The molecule has 0 spiro atoms. The average molecular weight is 647 g/mol. The Hall–Kier alpha value is -6.44. The minimum atomic E-state index is 0.614. The van der Waals surface area contributed by atoms with Crippen molar-refractivity contribution in [2.24, 2.45) is 0 Å². The Labute approximate surface area is 286 Å². The molecule has 0 unspecified atom stereocenters. The molecule has 230 valence electrons. The number of benzene rings is 5. The van der Waals surface area contributed by atoms with Crippen molar-refractivity contribution in [3.05, 3.63) is 158 Å². The largest absolute Gasteiger partial charge is 0.245 e. The standard InChI is InChI=1S/C42H26N6S/c1-4-11-27(12-5-1)32-17-10-18-33(23-32)41-47-39(30-15-8-3-9-16-30)46-40(48-41)31-21-19-28(20-22-31)34-24-35-37-38(49-42(35)43-25-34)36(44-26-45-37)29-13-6-2-7-14-29/h1-26H. The Morgan fingerprint density at radius 2 is 0.918 bits per heavy atom. The van der Waals surface area contributed by atoms with Gasteiger partial charge in [-0.15, -0.1) is 11.3 Å². The van der Waals surface area contributed by atoms with E-state index in [-0.39, 0.29) is 0 Å². The molecule has 0 aliphatic carbocycles. The highest BCUT2D eigenvalue weighted by Crippen LogP contribution is 2.38. The SMILES string of the molecule is c1ccc(-c2cccc(-c3nc(-c4ccccc4)nc(-c4ccc(-c5cnc6sc7c(-c8ccccc8)ncnc7c6c5)cc4)n3)c2)cc1.